The van der Waals surface area contributed by atoms with Gasteiger partial charge in [-0.25, -0.2) is 4.79 Å². The number of hydrogen-bond acceptors (Lipinski definition) is 6. The van der Waals surface area contributed by atoms with Gasteiger partial charge in [0.1, 0.15) is 6.54 Å². The van der Waals surface area contributed by atoms with E-state index in [2.05, 4.69) is 9.72 Å². The SMILES string of the molecule is O=C(O)Oc1nc(-c2cccs2)n(CC(F)(F)F)c(=O)c1O. The number of carboxylic acid groups (broad SMARTS) is 1. The number of alkyl halides is 3. The summed E-state index contributed by atoms with van der Waals surface area (Å²) in [6.45, 7) is -1.69. The minimum Gasteiger partial charge on any atom is -0.499 e. The standard InChI is InChI=1S/C11H7F3N2O5S/c12-11(13,14)4-16-7(5-2-1-3-22-5)15-8(21-10(19)20)6(17)9(16)18/h1-3,17H,4H2,(H,19,20). The molecule has 0 aliphatic heterocycles. The summed E-state index contributed by atoms with van der Waals surface area (Å²) in [4.78, 5) is 26.1. The highest BCUT2D eigenvalue weighted by molar-refractivity contribution is 7.13. The predicted molar refractivity (Wildman–Crippen MR) is 68.2 cm³/mol. The number of halogens is 3. The smallest absolute Gasteiger partial charge is 0.499 e. The van der Waals surface area contributed by atoms with Gasteiger partial charge in [-0.15, -0.1) is 11.3 Å². The molecular formula is C11H7F3N2O5S. The number of carbonyl (C=O) groups is 1. The first-order valence-electron chi connectivity index (χ1n) is 5.54. The van der Waals surface area contributed by atoms with Crippen LogP contribution in [0, 0.1) is 0 Å². The number of ether oxygens (including phenoxy) is 1. The van der Waals surface area contributed by atoms with E-state index in [9.17, 15) is 27.9 Å². The van der Waals surface area contributed by atoms with Gasteiger partial charge in [0, 0.05) is 0 Å². The zero-order valence-corrected chi connectivity index (χ0v) is 11.3. The van der Waals surface area contributed by atoms with E-state index in [1.54, 1.807) is 0 Å². The Kier molecular flexibility index (Phi) is 4.08. The topological polar surface area (TPSA) is 102 Å². The molecule has 0 aliphatic rings. The molecule has 2 aromatic rings. The van der Waals surface area contributed by atoms with Crippen LogP contribution in [0.4, 0.5) is 18.0 Å². The molecule has 0 atom stereocenters. The summed E-state index contributed by atoms with van der Waals surface area (Å²) in [6.07, 6.45) is -6.60. The van der Waals surface area contributed by atoms with Gasteiger partial charge in [-0.1, -0.05) is 6.07 Å². The molecule has 0 radical (unpaired) electrons. The highest BCUT2D eigenvalue weighted by Crippen LogP contribution is 2.29. The summed E-state index contributed by atoms with van der Waals surface area (Å²) in [5, 5.41) is 19.5. The number of aromatic nitrogens is 2. The fourth-order valence-electron chi connectivity index (χ4n) is 1.60. The lowest BCUT2D eigenvalue weighted by atomic mass is 10.4. The molecule has 0 fully saturated rings. The van der Waals surface area contributed by atoms with E-state index in [-0.39, 0.29) is 9.44 Å². The molecule has 2 aromatic heterocycles. The van der Waals surface area contributed by atoms with Crippen molar-refractivity contribution >= 4 is 17.5 Å². The van der Waals surface area contributed by atoms with Gasteiger partial charge in [0.2, 0.25) is 5.75 Å². The number of nitrogens with zero attached hydrogens (tertiary/aromatic N) is 2. The van der Waals surface area contributed by atoms with Crippen molar-refractivity contribution in [1.82, 2.24) is 9.55 Å². The molecular weight excluding hydrogens is 329 g/mol. The molecule has 11 heteroatoms. The van der Waals surface area contributed by atoms with E-state index < -0.39 is 41.9 Å². The molecule has 0 spiro atoms. The third-order valence-corrected chi connectivity index (χ3v) is 3.24. The van der Waals surface area contributed by atoms with E-state index >= 15 is 0 Å². The average Bonchev–Trinajstić information content (AvgIpc) is 2.90. The normalized spacial score (nSPS) is 11.4. The molecule has 0 unspecified atom stereocenters. The van der Waals surface area contributed by atoms with Crippen molar-refractivity contribution in [2.75, 3.05) is 0 Å². The first-order valence-corrected chi connectivity index (χ1v) is 6.42. The van der Waals surface area contributed by atoms with Gasteiger partial charge >= 0.3 is 12.3 Å². The van der Waals surface area contributed by atoms with Crippen LogP contribution in [-0.2, 0) is 6.54 Å². The molecule has 2 heterocycles. The minimum atomic E-state index is -4.74. The van der Waals surface area contributed by atoms with Gasteiger partial charge in [-0.2, -0.15) is 18.2 Å². The highest BCUT2D eigenvalue weighted by Gasteiger charge is 2.32. The van der Waals surface area contributed by atoms with Crippen molar-refractivity contribution in [2.45, 2.75) is 12.7 Å². The second-order valence-corrected chi connectivity index (χ2v) is 4.89. The Hall–Kier alpha value is -2.56. The van der Waals surface area contributed by atoms with Gasteiger partial charge in [0.25, 0.3) is 11.4 Å². The predicted octanol–water partition coefficient (Wildman–Crippen LogP) is 2.30. The summed E-state index contributed by atoms with van der Waals surface area (Å²) in [7, 11) is 0. The average molecular weight is 336 g/mol. The Bertz CT molecular complexity index is 754. The minimum absolute atomic E-state index is 0.177. The van der Waals surface area contributed by atoms with Crippen LogP contribution in [0.25, 0.3) is 10.7 Å². The molecule has 0 aliphatic carbocycles. The quantitative estimate of drug-likeness (QED) is 0.834. The molecule has 0 bridgehead atoms. The van der Waals surface area contributed by atoms with Gasteiger partial charge in [0.15, 0.2) is 5.82 Å². The van der Waals surface area contributed by atoms with Gasteiger partial charge < -0.3 is 14.9 Å². The van der Waals surface area contributed by atoms with E-state index in [1.807, 2.05) is 0 Å². The molecule has 7 nitrogen and oxygen atoms in total. The Morgan fingerprint density at radius 2 is 2.14 bits per heavy atom. The monoisotopic (exact) mass is 336 g/mol. The van der Waals surface area contributed by atoms with Crippen molar-refractivity contribution in [1.29, 1.82) is 0 Å². The van der Waals surface area contributed by atoms with E-state index in [0.29, 0.717) is 0 Å². The lowest BCUT2D eigenvalue weighted by molar-refractivity contribution is -0.141. The molecule has 0 amide bonds. The maximum absolute atomic E-state index is 12.6. The maximum Gasteiger partial charge on any atom is 0.512 e. The molecule has 0 aromatic carbocycles. The van der Waals surface area contributed by atoms with Gasteiger partial charge in [0.05, 0.1) is 4.88 Å². The summed E-state index contributed by atoms with van der Waals surface area (Å²) in [6, 6.07) is 2.90. The van der Waals surface area contributed by atoms with Crippen LogP contribution in [0.5, 0.6) is 11.6 Å². The highest BCUT2D eigenvalue weighted by atomic mass is 32.1. The molecule has 2 rings (SSSR count). The zero-order chi connectivity index (χ0) is 16.5. The van der Waals surface area contributed by atoms with Crippen LogP contribution in [0.2, 0.25) is 0 Å². The number of thiophene rings is 1. The Morgan fingerprint density at radius 1 is 1.45 bits per heavy atom. The third-order valence-electron chi connectivity index (χ3n) is 2.38. The first-order chi connectivity index (χ1) is 10.2. The van der Waals surface area contributed by atoms with Crippen molar-refractivity contribution in [2.24, 2.45) is 0 Å². The number of aromatic hydroxyl groups is 1. The van der Waals surface area contributed by atoms with E-state index in [1.165, 1.54) is 17.5 Å². The molecule has 0 saturated carbocycles. The largest absolute Gasteiger partial charge is 0.512 e. The van der Waals surface area contributed by atoms with E-state index in [4.69, 9.17) is 5.11 Å². The first kappa shape index (κ1) is 15.8. The lowest BCUT2D eigenvalue weighted by Crippen LogP contribution is -2.30. The Morgan fingerprint density at radius 3 is 2.64 bits per heavy atom. The lowest BCUT2D eigenvalue weighted by Gasteiger charge is -2.14. The fourth-order valence-corrected chi connectivity index (χ4v) is 2.32. The van der Waals surface area contributed by atoms with Crippen molar-refractivity contribution in [3.63, 3.8) is 0 Å². The summed E-state index contributed by atoms with van der Waals surface area (Å²) >= 11 is 0.984. The number of hydrogen-bond donors (Lipinski definition) is 2. The molecule has 2 N–H and O–H groups in total. The second kappa shape index (κ2) is 5.67. The Balaban J connectivity index is 2.68. The Labute approximate surface area is 123 Å². The van der Waals surface area contributed by atoms with Gasteiger partial charge in [-0.3, -0.25) is 9.36 Å². The number of rotatable bonds is 3. The molecule has 118 valence electrons. The van der Waals surface area contributed by atoms with Crippen molar-refractivity contribution in [3.8, 4) is 22.3 Å². The van der Waals surface area contributed by atoms with Crippen LogP contribution >= 0.6 is 11.3 Å². The van der Waals surface area contributed by atoms with Crippen LogP contribution in [0.3, 0.4) is 0 Å². The van der Waals surface area contributed by atoms with Crippen molar-refractivity contribution in [3.05, 3.63) is 27.9 Å². The van der Waals surface area contributed by atoms with Crippen molar-refractivity contribution < 1.29 is 32.9 Å². The van der Waals surface area contributed by atoms with Crippen LogP contribution in [0.15, 0.2) is 22.3 Å². The third kappa shape index (κ3) is 3.36. The fraction of sp³-hybridized carbons (Fsp3) is 0.182. The molecule has 22 heavy (non-hydrogen) atoms. The van der Waals surface area contributed by atoms with E-state index in [0.717, 1.165) is 11.3 Å². The summed E-state index contributed by atoms with van der Waals surface area (Å²) < 4.78 is 42.1. The van der Waals surface area contributed by atoms with Crippen LogP contribution in [-0.4, -0.2) is 32.1 Å². The zero-order valence-electron chi connectivity index (χ0n) is 10.5. The second-order valence-electron chi connectivity index (χ2n) is 3.94. The summed E-state index contributed by atoms with van der Waals surface area (Å²) in [5.41, 5.74) is -1.45. The summed E-state index contributed by atoms with van der Waals surface area (Å²) in [5.74, 6) is -2.74. The van der Waals surface area contributed by atoms with Gasteiger partial charge in [-0.05, 0) is 11.4 Å². The molecule has 0 saturated heterocycles. The van der Waals surface area contributed by atoms with Crippen LogP contribution in [0.1, 0.15) is 0 Å². The maximum atomic E-state index is 12.6. The van der Waals surface area contributed by atoms with Crippen LogP contribution < -0.4 is 10.3 Å².